The summed E-state index contributed by atoms with van der Waals surface area (Å²) in [5.41, 5.74) is 0. The number of hydrogen-bond donors (Lipinski definition) is 0. The van der Waals surface area contributed by atoms with Crippen molar-refractivity contribution in [2.75, 3.05) is 0 Å². The van der Waals surface area contributed by atoms with Crippen LogP contribution in [0.3, 0.4) is 0 Å². The summed E-state index contributed by atoms with van der Waals surface area (Å²) in [6.07, 6.45) is 0. The molecule has 1 rings (SSSR count). The maximum absolute atomic E-state index is 11.9. The highest BCUT2D eigenvalue weighted by molar-refractivity contribution is 9.08. The number of sulfonamides is 1. The molecule has 3 nitrogen and oxygen atoms in total. The number of benzene rings is 1. The Morgan fingerprint density at radius 1 is 1.21 bits per heavy atom. The van der Waals surface area contributed by atoms with E-state index in [2.05, 4.69) is 16.1 Å². The molecule has 0 aromatic heterocycles. The van der Waals surface area contributed by atoms with Gasteiger partial charge in [-0.3, -0.25) is 0 Å². The average molecular weight is 278 g/mol. The van der Waals surface area contributed by atoms with Crippen LogP contribution >= 0.6 is 16.1 Å². The maximum atomic E-state index is 11.9. The summed E-state index contributed by atoms with van der Waals surface area (Å²) >= 11 is 3.05. The van der Waals surface area contributed by atoms with Crippen molar-refractivity contribution in [3.8, 4) is 0 Å². The third-order valence-corrected chi connectivity index (χ3v) is 5.39. The van der Waals surface area contributed by atoms with Gasteiger partial charge in [0.2, 0.25) is 0 Å². The molecule has 14 heavy (non-hydrogen) atoms. The number of halogens is 1. The van der Waals surface area contributed by atoms with Crippen LogP contribution in [0.15, 0.2) is 35.2 Å². The van der Waals surface area contributed by atoms with E-state index in [0.29, 0.717) is 4.90 Å². The van der Waals surface area contributed by atoms with Gasteiger partial charge in [-0.15, -0.1) is 3.33 Å². The molecule has 0 heterocycles. The van der Waals surface area contributed by atoms with Crippen LogP contribution in [0.25, 0.3) is 0 Å². The average Bonchev–Trinajstić information content (AvgIpc) is 2.18. The van der Waals surface area contributed by atoms with E-state index in [1.807, 2.05) is 0 Å². The van der Waals surface area contributed by atoms with Crippen LogP contribution in [0.5, 0.6) is 0 Å². The Morgan fingerprint density at radius 2 is 1.71 bits per heavy atom. The standard InChI is InChI=1S/C9H12BrNO2S/c1-8(2)11(10)14(12,13)9-6-4-3-5-7-9/h3-8H,1-2H3. The molecule has 1 aromatic carbocycles. The zero-order valence-electron chi connectivity index (χ0n) is 8.01. The summed E-state index contributed by atoms with van der Waals surface area (Å²) in [6.45, 7) is 3.60. The molecule has 0 amide bonds. The lowest BCUT2D eigenvalue weighted by molar-refractivity contribution is 0.510. The summed E-state index contributed by atoms with van der Waals surface area (Å²) in [5, 5.41) is 0. The highest BCUT2D eigenvalue weighted by Crippen LogP contribution is 2.20. The molecular weight excluding hydrogens is 266 g/mol. The first-order valence-corrected chi connectivity index (χ1v) is 6.36. The summed E-state index contributed by atoms with van der Waals surface area (Å²) in [4.78, 5) is 0.297. The fourth-order valence-corrected chi connectivity index (χ4v) is 2.73. The molecule has 0 aliphatic carbocycles. The van der Waals surface area contributed by atoms with E-state index < -0.39 is 10.0 Å². The van der Waals surface area contributed by atoms with Gasteiger partial charge in [-0.2, -0.15) is 0 Å². The van der Waals surface area contributed by atoms with Crippen molar-refractivity contribution in [3.05, 3.63) is 30.3 Å². The van der Waals surface area contributed by atoms with E-state index in [0.717, 1.165) is 0 Å². The summed E-state index contributed by atoms with van der Waals surface area (Å²) < 4.78 is 24.9. The fourth-order valence-electron chi connectivity index (χ4n) is 0.971. The second-order valence-electron chi connectivity index (χ2n) is 3.15. The Kier molecular flexibility index (Phi) is 3.69. The van der Waals surface area contributed by atoms with Crippen molar-refractivity contribution < 1.29 is 8.42 Å². The zero-order valence-corrected chi connectivity index (χ0v) is 10.4. The van der Waals surface area contributed by atoms with Crippen LogP contribution in [0.2, 0.25) is 0 Å². The summed E-state index contributed by atoms with van der Waals surface area (Å²) in [5.74, 6) is 0. The summed E-state index contributed by atoms with van der Waals surface area (Å²) in [7, 11) is -3.39. The van der Waals surface area contributed by atoms with Crippen molar-refractivity contribution in [1.82, 2.24) is 3.33 Å². The third kappa shape index (κ3) is 2.34. The molecule has 0 saturated heterocycles. The lowest BCUT2D eigenvalue weighted by Crippen LogP contribution is -2.27. The molecule has 0 radical (unpaired) electrons. The van der Waals surface area contributed by atoms with Crippen LogP contribution in [0.4, 0.5) is 0 Å². The SMILES string of the molecule is CC(C)N(Br)S(=O)(=O)c1ccccc1. The van der Waals surface area contributed by atoms with Crippen LogP contribution in [0, 0.1) is 0 Å². The first-order chi connectivity index (χ1) is 6.46. The topological polar surface area (TPSA) is 37.4 Å². The van der Waals surface area contributed by atoms with Crippen molar-refractivity contribution in [1.29, 1.82) is 0 Å². The quantitative estimate of drug-likeness (QED) is 0.796. The first kappa shape index (κ1) is 11.7. The monoisotopic (exact) mass is 277 g/mol. The molecule has 5 heteroatoms. The molecule has 0 spiro atoms. The van der Waals surface area contributed by atoms with Crippen molar-refractivity contribution in [2.45, 2.75) is 24.8 Å². The molecule has 0 saturated carbocycles. The van der Waals surface area contributed by atoms with Gasteiger partial charge in [0.15, 0.2) is 0 Å². The number of rotatable bonds is 3. The van der Waals surface area contributed by atoms with Gasteiger partial charge in [-0.05, 0) is 26.0 Å². The van der Waals surface area contributed by atoms with Crippen molar-refractivity contribution in [3.63, 3.8) is 0 Å². The van der Waals surface area contributed by atoms with Crippen LogP contribution in [-0.4, -0.2) is 17.8 Å². The van der Waals surface area contributed by atoms with Gasteiger partial charge < -0.3 is 0 Å². The van der Waals surface area contributed by atoms with Gasteiger partial charge in [0.25, 0.3) is 10.0 Å². The Labute approximate surface area is 93.1 Å². The van der Waals surface area contributed by atoms with E-state index in [4.69, 9.17) is 0 Å². The van der Waals surface area contributed by atoms with Gasteiger partial charge in [0.05, 0.1) is 4.90 Å². The van der Waals surface area contributed by atoms with Gasteiger partial charge in [0, 0.05) is 22.2 Å². The van der Waals surface area contributed by atoms with Crippen molar-refractivity contribution >= 4 is 26.2 Å². The Hall–Kier alpha value is -0.390. The van der Waals surface area contributed by atoms with Crippen LogP contribution < -0.4 is 0 Å². The van der Waals surface area contributed by atoms with Crippen molar-refractivity contribution in [2.24, 2.45) is 0 Å². The van der Waals surface area contributed by atoms with Crippen LogP contribution in [0.1, 0.15) is 13.8 Å². The molecule has 0 N–H and O–H groups in total. The molecule has 0 fully saturated rings. The molecule has 0 aliphatic rings. The van der Waals surface area contributed by atoms with Gasteiger partial charge >= 0.3 is 0 Å². The molecule has 0 bridgehead atoms. The maximum Gasteiger partial charge on any atom is 0.252 e. The minimum Gasteiger partial charge on any atom is -0.206 e. The highest BCUT2D eigenvalue weighted by Gasteiger charge is 2.24. The molecular formula is C9H12BrNO2S. The predicted molar refractivity (Wildman–Crippen MR) is 59.5 cm³/mol. The van der Waals surface area contributed by atoms with Gasteiger partial charge in [-0.1, -0.05) is 18.2 Å². The number of nitrogens with zero attached hydrogens (tertiary/aromatic N) is 1. The van der Waals surface area contributed by atoms with E-state index in [9.17, 15) is 8.42 Å². The fraction of sp³-hybridized carbons (Fsp3) is 0.333. The van der Waals surface area contributed by atoms with E-state index in [1.165, 1.54) is 3.33 Å². The first-order valence-electron chi connectivity index (χ1n) is 4.21. The molecule has 0 unspecified atom stereocenters. The number of hydrogen-bond acceptors (Lipinski definition) is 2. The lowest BCUT2D eigenvalue weighted by atomic mass is 10.4. The van der Waals surface area contributed by atoms with E-state index in [-0.39, 0.29) is 6.04 Å². The van der Waals surface area contributed by atoms with Gasteiger partial charge in [0.1, 0.15) is 0 Å². The normalized spacial score (nSPS) is 12.4. The zero-order chi connectivity index (χ0) is 10.8. The van der Waals surface area contributed by atoms with Gasteiger partial charge in [-0.25, -0.2) is 8.42 Å². The Bertz CT molecular complexity index is 389. The second kappa shape index (κ2) is 4.42. The minimum atomic E-state index is -3.39. The van der Waals surface area contributed by atoms with Crippen LogP contribution in [-0.2, 0) is 10.0 Å². The molecule has 78 valence electrons. The van der Waals surface area contributed by atoms with E-state index in [1.54, 1.807) is 44.2 Å². The third-order valence-electron chi connectivity index (χ3n) is 1.68. The summed E-state index contributed by atoms with van der Waals surface area (Å²) in [6, 6.07) is 8.23. The molecule has 0 aliphatic heterocycles. The van der Waals surface area contributed by atoms with E-state index >= 15 is 0 Å². The predicted octanol–water partition coefficient (Wildman–Crippen LogP) is 2.40. The minimum absolute atomic E-state index is 0.111. The smallest absolute Gasteiger partial charge is 0.206 e. The lowest BCUT2D eigenvalue weighted by Gasteiger charge is -2.18. The highest BCUT2D eigenvalue weighted by atomic mass is 79.9. The molecule has 0 atom stereocenters. The molecule has 1 aromatic rings. The Balaban J connectivity index is 3.10. The Morgan fingerprint density at radius 3 is 2.14 bits per heavy atom. The largest absolute Gasteiger partial charge is 0.252 e. The second-order valence-corrected chi connectivity index (χ2v) is 6.20.